The van der Waals surface area contributed by atoms with Crippen LogP contribution in [-0.2, 0) is 6.42 Å². The number of hydrogen-bond acceptors (Lipinski definition) is 1. The Morgan fingerprint density at radius 1 is 1.06 bits per heavy atom. The van der Waals surface area contributed by atoms with Crippen molar-refractivity contribution in [3.8, 4) is 5.75 Å². The molecule has 1 aromatic rings. The number of fused-ring (bicyclic) bond motifs is 5. The summed E-state index contributed by atoms with van der Waals surface area (Å²) < 4.78 is 8.59. The summed E-state index contributed by atoms with van der Waals surface area (Å²) in [5.41, 5.74) is 3.79. The molecule has 0 amide bonds. The molecule has 3 nitrogen and oxygen atoms in total. The molecule has 0 aromatic heterocycles. The number of rotatable bonds is 5. The number of hydrogen-bond donors (Lipinski definition) is 0. The lowest BCUT2D eigenvalue weighted by atomic mass is 9.55. The average Bonchev–Trinajstić information content (AvgIpc) is 3.30. The number of likely N-dealkylation sites (tertiary alicyclic amines) is 1. The molecule has 0 N–H and O–H groups in total. The van der Waals surface area contributed by atoms with Gasteiger partial charge in [-0.3, -0.25) is 0 Å². The van der Waals surface area contributed by atoms with E-state index >= 15 is 0 Å². The lowest BCUT2D eigenvalue weighted by Gasteiger charge is -2.52. The van der Waals surface area contributed by atoms with Crippen LogP contribution >= 0.6 is 0 Å². The van der Waals surface area contributed by atoms with Crippen molar-refractivity contribution < 1.29 is 13.7 Å². The quantitative estimate of drug-likeness (QED) is 0.585. The highest BCUT2D eigenvalue weighted by atomic mass is 16.5. The number of quaternary nitrogens is 2. The van der Waals surface area contributed by atoms with Crippen LogP contribution in [0, 0.1) is 17.3 Å². The fraction of sp³-hybridized carbons (Fsp3) is 0.786. The van der Waals surface area contributed by atoms with Gasteiger partial charge in [-0.1, -0.05) is 13.0 Å². The molecule has 5 rings (SSSR count). The van der Waals surface area contributed by atoms with E-state index in [2.05, 4.69) is 53.3 Å². The van der Waals surface area contributed by atoms with Crippen molar-refractivity contribution in [2.24, 2.45) is 17.3 Å². The summed E-state index contributed by atoms with van der Waals surface area (Å²) in [6, 6.07) is 7.95. The van der Waals surface area contributed by atoms with Gasteiger partial charge in [-0.15, -0.1) is 0 Å². The van der Waals surface area contributed by atoms with E-state index in [1.54, 1.807) is 11.1 Å². The Balaban J connectivity index is 1.28. The first-order chi connectivity index (χ1) is 14.7. The minimum atomic E-state index is 0.536. The van der Waals surface area contributed by atoms with Crippen LogP contribution in [0.5, 0.6) is 5.75 Å². The molecule has 0 spiro atoms. The van der Waals surface area contributed by atoms with Gasteiger partial charge in [0, 0.05) is 24.7 Å². The molecule has 3 unspecified atom stereocenters. The third-order valence-corrected chi connectivity index (χ3v) is 10.1. The van der Waals surface area contributed by atoms with Gasteiger partial charge in [0.15, 0.2) is 0 Å². The Hall–Kier alpha value is -1.06. The van der Waals surface area contributed by atoms with E-state index in [-0.39, 0.29) is 0 Å². The monoisotopic (exact) mass is 426 g/mol. The van der Waals surface area contributed by atoms with Gasteiger partial charge < -0.3 is 13.7 Å². The van der Waals surface area contributed by atoms with Crippen LogP contribution in [0.2, 0.25) is 0 Å². The maximum atomic E-state index is 6.25. The third kappa shape index (κ3) is 3.84. The zero-order valence-corrected chi connectivity index (χ0v) is 20.8. The second-order valence-electron chi connectivity index (χ2n) is 12.9. The number of ether oxygens (including phenoxy) is 1. The second-order valence-corrected chi connectivity index (χ2v) is 12.9. The molecule has 31 heavy (non-hydrogen) atoms. The van der Waals surface area contributed by atoms with Crippen LogP contribution in [0.4, 0.5) is 0 Å². The third-order valence-electron chi connectivity index (χ3n) is 10.1. The maximum absolute atomic E-state index is 6.25. The second kappa shape index (κ2) is 7.76. The molecule has 1 heterocycles. The SMILES string of the molecule is C[C@]12CCC3c4ccc(OCC[N+]5(C)CCCC5)cc4CCC3C1CC[C@@H]2[N+](C)(C)C. The lowest BCUT2D eigenvalue weighted by Crippen LogP contribution is -2.55. The molecule has 5 atom stereocenters. The predicted octanol–water partition coefficient (Wildman–Crippen LogP) is 5.24. The molecule has 3 aliphatic carbocycles. The van der Waals surface area contributed by atoms with Gasteiger partial charge in [0.1, 0.15) is 18.9 Å². The summed E-state index contributed by atoms with van der Waals surface area (Å²) in [6.07, 6.45) is 11.1. The topological polar surface area (TPSA) is 9.23 Å². The number of nitrogens with zero attached hydrogens (tertiary/aromatic N) is 2. The molecule has 0 radical (unpaired) electrons. The van der Waals surface area contributed by atoms with Crippen LogP contribution in [0.25, 0.3) is 0 Å². The zero-order chi connectivity index (χ0) is 21.9. The minimum absolute atomic E-state index is 0.536. The van der Waals surface area contributed by atoms with Crippen LogP contribution in [0.3, 0.4) is 0 Å². The standard InChI is InChI=1S/C28H46N2O/c1-28-15-14-24-23-11-9-22(31-19-18-30(5)16-6-7-17-30)20-21(23)8-10-25(24)26(28)12-13-27(28)29(2,3)4/h9,11,20,24-27H,6-8,10,12-19H2,1-5H3/q+2/t24?,25?,26?,27-,28-/m0/s1. The highest BCUT2D eigenvalue weighted by Gasteiger charge is 2.58. The first-order valence-corrected chi connectivity index (χ1v) is 13.1. The molecular formula is C28H46N2O+2. The van der Waals surface area contributed by atoms with Gasteiger partial charge in [-0.25, -0.2) is 0 Å². The Labute approximate surface area is 190 Å². The van der Waals surface area contributed by atoms with E-state index in [0.717, 1.165) is 47.2 Å². The van der Waals surface area contributed by atoms with Crippen molar-refractivity contribution in [3.05, 3.63) is 29.3 Å². The van der Waals surface area contributed by atoms with E-state index in [1.807, 2.05) is 0 Å². The first kappa shape index (κ1) is 21.8. The summed E-state index contributed by atoms with van der Waals surface area (Å²) >= 11 is 0. The van der Waals surface area contributed by atoms with Crippen LogP contribution in [0.1, 0.15) is 68.9 Å². The number of benzene rings is 1. The van der Waals surface area contributed by atoms with Crippen LogP contribution in [0.15, 0.2) is 18.2 Å². The Bertz CT molecular complexity index is 806. The maximum Gasteiger partial charge on any atom is 0.137 e. The predicted molar refractivity (Wildman–Crippen MR) is 128 cm³/mol. The average molecular weight is 427 g/mol. The van der Waals surface area contributed by atoms with Crippen LogP contribution in [-0.4, -0.2) is 69.4 Å². The Morgan fingerprint density at radius 3 is 2.58 bits per heavy atom. The van der Waals surface area contributed by atoms with Crippen LogP contribution < -0.4 is 4.74 Å². The first-order valence-electron chi connectivity index (χ1n) is 13.1. The van der Waals surface area contributed by atoms with Crippen molar-refractivity contribution in [3.63, 3.8) is 0 Å². The van der Waals surface area contributed by atoms with E-state index < -0.39 is 0 Å². The molecular weight excluding hydrogens is 380 g/mol. The molecule has 3 fully saturated rings. The summed E-state index contributed by atoms with van der Waals surface area (Å²) in [7, 11) is 9.67. The molecule has 1 saturated heterocycles. The fourth-order valence-electron chi connectivity index (χ4n) is 8.60. The molecule has 1 aliphatic heterocycles. The minimum Gasteiger partial charge on any atom is -0.488 e. The number of likely N-dealkylation sites (N-methyl/N-ethyl adjacent to an activating group) is 1. The zero-order valence-electron chi connectivity index (χ0n) is 20.8. The molecule has 3 heteroatoms. The molecule has 2 saturated carbocycles. The molecule has 1 aromatic carbocycles. The summed E-state index contributed by atoms with van der Waals surface area (Å²) in [4.78, 5) is 0. The summed E-state index contributed by atoms with van der Waals surface area (Å²) in [6.45, 7) is 7.30. The largest absolute Gasteiger partial charge is 0.488 e. The van der Waals surface area contributed by atoms with Crippen molar-refractivity contribution in [2.75, 3.05) is 54.4 Å². The fourth-order valence-corrected chi connectivity index (χ4v) is 8.60. The van der Waals surface area contributed by atoms with Gasteiger partial charge in [-0.05, 0) is 73.1 Å². The highest BCUT2D eigenvalue weighted by molar-refractivity contribution is 5.40. The van der Waals surface area contributed by atoms with Crippen molar-refractivity contribution in [1.82, 2.24) is 0 Å². The van der Waals surface area contributed by atoms with Crippen molar-refractivity contribution >= 4 is 0 Å². The highest BCUT2D eigenvalue weighted by Crippen LogP contribution is 2.62. The van der Waals surface area contributed by atoms with Gasteiger partial charge in [-0.2, -0.15) is 0 Å². The van der Waals surface area contributed by atoms with Crippen molar-refractivity contribution in [2.45, 2.75) is 70.3 Å². The van der Waals surface area contributed by atoms with E-state index in [4.69, 9.17) is 4.74 Å². The van der Waals surface area contributed by atoms with Gasteiger partial charge in [0.25, 0.3) is 0 Å². The lowest BCUT2D eigenvalue weighted by molar-refractivity contribution is -0.903. The summed E-state index contributed by atoms with van der Waals surface area (Å²) in [5.74, 6) is 3.71. The number of aryl methyl sites for hydroxylation is 1. The molecule has 172 valence electrons. The van der Waals surface area contributed by atoms with E-state index in [9.17, 15) is 0 Å². The van der Waals surface area contributed by atoms with Gasteiger partial charge >= 0.3 is 0 Å². The molecule has 4 aliphatic rings. The smallest absolute Gasteiger partial charge is 0.137 e. The molecule has 0 bridgehead atoms. The normalized spacial score (nSPS) is 36.5. The Kier molecular flexibility index (Phi) is 5.45. The van der Waals surface area contributed by atoms with Gasteiger partial charge in [0.2, 0.25) is 0 Å². The van der Waals surface area contributed by atoms with Gasteiger partial charge in [0.05, 0.1) is 47.3 Å². The van der Waals surface area contributed by atoms with Crippen molar-refractivity contribution in [1.29, 1.82) is 0 Å². The van der Waals surface area contributed by atoms with E-state index in [1.165, 1.54) is 68.9 Å². The summed E-state index contributed by atoms with van der Waals surface area (Å²) in [5, 5.41) is 0. The Morgan fingerprint density at radius 2 is 1.84 bits per heavy atom. The van der Waals surface area contributed by atoms with E-state index in [0.29, 0.717) is 5.41 Å².